The number of nitrogens with one attached hydrogen (secondary N) is 1. The highest BCUT2D eigenvalue weighted by molar-refractivity contribution is 5.78. The average molecular weight is 240 g/mol. The minimum Gasteiger partial charge on any atom is -0.480 e. The number of imidazole rings is 1. The summed E-state index contributed by atoms with van der Waals surface area (Å²) in [6.45, 7) is 0. The van der Waals surface area contributed by atoms with Gasteiger partial charge in [-0.25, -0.2) is 4.79 Å². The maximum Gasteiger partial charge on any atom is 0.406 e. The molecular weight excluding hydrogens is 228 g/mol. The number of nitro groups is 1. The molecule has 8 heteroatoms. The third-order valence-corrected chi connectivity index (χ3v) is 2.74. The third-order valence-electron chi connectivity index (χ3n) is 2.74. The van der Waals surface area contributed by atoms with Crippen LogP contribution in [0.3, 0.4) is 0 Å². The Bertz CT molecular complexity index is 466. The number of carbonyl (C=O) groups is 1. The van der Waals surface area contributed by atoms with Crippen molar-refractivity contribution in [2.45, 2.75) is 18.9 Å². The number of aliphatic carboxylic acids is 1. The number of aryl methyl sites for hydroxylation is 1. The Morgan fingerprint density at radius 1 is 1.76 bits per heavy atom. The Morgan fingerprint density at radius 3 is 2.88 bits per heavy atom. The Balaban J connectivity index is 2.24. The van der Waals surface area contributed by atoms with Crippen molar-refractivity contribution in [2.24, 2.45) is 13.0 Å². The van der Waals surface area contributed by atoms with Crippen molar-refractivity contribution in [1.82, 2.24) is 9.55 Å². The molecule has 1 atom stereocenters. The van der Waals surface area contributed by atoms with E-state index in [1.807, 2.05) is 0 Å². The smallest absolute Gasteiger partial charge is 0.406 e. The van der Waals surface area contributed by atoms with Gasteiger partial charge >= 0.3 is 11.8 Å². The number of rotatable bonds is 5. The summed E-state index contributed by atoms with van der Waals surface area (Å²) in [7, 11) is 1.58. The first-order valence-electron chi connectivity index (χ1n) is 5.15. The van der Waals surface area contributed by atoms with Gasteiger partial charge in [0.15, 0.2) is 0 Å². The van der Waals surface area contributed by atoms with E-state index in [2.05, 4.69) is 10.3 Å². The summed E-state index contributed by atoms with van der Waals surface area (Å²) >= 11 is 0. The zero-order valence-corrected chi connectivity index (χ0v) is 9.16. The van der Waals surface area contributed by atoms with Gasteiger partial charge in [-0.05, 0) is 28.7 Å². The van der Waals surface area contributed by atoms with Gasteiger partial charge in [-0.2, -0.15) is 0 Å². The minimum absolute atomic E-state index is 0.0435. The van der Waals surface area contributed by atoms with Gasteiger partial charge in [-0.3, -0.25) is 4.57 Å². The highest BCUT2D eigenvalue weighted by Gasteiger charge is 2.38. The van der Waals surface area contributed by atoms with Crippen molar-refractivity contribution >= 4 is 17.6 Å². The molecule has 0 radical (unpaired) electrons. The van der Waals surface area contributed by atoms with E-state index in [1.165, 1.54) is 10.9 Å². The van der Waals surface area contributed by atoms with Gasteiger partial charge in [0.1, 0.15) is 6.04 Å². The second kappa shape index (κ2) is 4.04. The molecule has 0 bridgehead atoms. The maximum atomic E-state index is 11.0. The summed E-state index contributed by atoms with van der Waals surface area (Å²) in [4.78, 5) is 24.7. The summed E-state index contributed by atoms with van der Waals surface area (Å²) in [5.74, 6) is -1.17. The molecule has 1 aromatic rings. The molecule has 1 saturated carbocycles. The highest BCUT2D eigenvalue weighted by Crippen LogP contribution is 2.35. The molecular formula is C9H12N4O4. The number of carboxylic acid groups (broad SMARTS) is 1. The van der Waals surface area contributed by atoms with Crippen LogP contribution in [0.1, 0.15) is 12.8 Å². The first-order chi connectivity index (χ1) is 8.00. The topological polar surface area (TPSA) is 110 Å². The zero-order chi connectivity index (χ0) is 12.6. The van der Waals surface area contributed by atoms with E-state index in [4.69, 9.17) is 5.11 Å². The zero-order valence-electron chi connectivity index (χ0n) is 9.16. The maximum absolute atomic E-state index is 11.0. The molecule has 1 aliphatic carbocycles. The molecule has 1 fully saturated rings. The fraction of sp³-hybridized carbons (Fsp3) is 0.556. The molecule has 2 N–H and O–H groups in total. The van der Waals surface area contributed by atoms with Crippen LogP contribution >= 0.6 is 0 Å². The van der Waals surface area contributed by atoms with E-state index in [1.54, 1.807) is 7.05 Å². The van der Waals surface area contributed by atoms with Crippen LogP contribution < -0.4 is 5.32 Å². The molecule has 0 spiro atoms. The lowest BCUT2D eigenvalue weighted by Gasteiger charge is -2.14. The summed E-state index contributed by atoms with van der Waals surface area (Å²) in [6.07, 6.45) is 2.94. The Morgan fingerprint density at radius 2 is 2.41 bits per heavy atom. The molecule has 1 aromatic heterocycles. The molecule has 1 aliphatic rings. The van der Waals surface area contributed by atoms with Gasteiger partial charge in [0.05, 0.1) is 0 Å². The second-order valence-electron chi connectivity index (χ2n) is 4.08. The Kier molecular flexibility index (Phi) is 2.70. The number of hydrogen-bond donors (Lipinski definition) is 2. The number of nitrogens with zero attached hydrogens (tertiary/aromatic N) is 3. The van der Waals surface area contributed by atoms with Crippen LogP contribution in [0.2, 0.25) is 0 Å². The predicted octanol–water partition coefficient (Wildman–Crippen LogP) is 0.603. The largest absolute Gasteiger partial charge is 0.480 e. The molecule has 92 valence electrons. The summed E-state index contributed by atoms with van der Waals surface area (Å²) in [5.41, 5.74) is 0. The molecule has 17 heavy (non-hydrogen) atoms. The Hall–Kier alpha value is -2.12. The molecule has 0 aliphatic heterocycles. The number of anilines is 1. The van der Waals surface area contributed by atoms with Crippen LogP contribution in [0.25, 0.3) is 0 Å². The van der Waals surface area contributed by atoms with Crippen molar-refractivity contribution in [3.63, 3.8) is 0 Å². The average Bonchev–Trinajstić information content (AvgIpc) is 2.99. The lowest BCUT2D eigenvalue weighted by atomic mass is 10.2. The van der Waals surface area contributed by atoms with Gasteiger partial charge in [0.25, 0.3) is 0 Å². The highest BCUT2D eigenvalue weighted by atomic mass is 16.6. The van der Waals surface area contributed by atoms with Gasteiger partial charge in [-0.1, -0.05) is 0 Å². The molecule has 8 nitrogen and oxygen atoms in total. The number of carboxylic acids is 1. The number of aromatic nitrogens is 2. The van der Waals surface area contributed by atoms with Crippen LogP contribution in [0.4, 0.5) is 11.6 Å². The fourth-order valence-electron chi connectivity index (χ4n) is 1.68. The van der Waals surface area contributed by atoms with Gasteiger partial charge < -0.3 is 20.5 Å². The van der Waals surface area contributed by atoms with Gasteiger partial charge in [0, 0.05) is 7.05 Å². The van der Waals surface area contributed by atoms with E-state index < -0.39 is 16.9 Å². The first-order valence-corrected chi connectivity index (χ1v) is 5.15. The van der Waals surface area contributed by atoms with Crippen molar-refractivity contribution < 1.29 is 14.8 Å². The summed E-state index contributed by atoms with van der Waals surface area (Å²) in [5, 5.41) is 22.5. The quantitative estimate of drug-likeness (QED) is 0.576. The summed E-state index contributed by atoms with van der Waals surface area (Å²) < 4.78 is 1.41. The van der Waals surface area contributed by atoms with Gasteiger partial charge in [-0.15, -0.1) is 0 Å². The summed E-state index contributed by atoms with van der Waals surface area (Å²) in [6, 6.07) is -0.788. The van der Waals surface area contributed by atoms with Crippen molar-refractivity contribution in [3.05, 3.63) is 16.4 Å². The van der Waals surface area contributed by atoms with Crippen LogP contribution in [0.15, 0.2) is 6.33 Å². The molecule has 0 aromatic carbocycles. The van der Waals surface area contributed by atoms with E-state index in [0.717, 1.165) is 12.8 Å². The van der Waals surface area contributed by atoms with E-state index >= 15 is 0 Å². The molecule has 1 heterocycles. The van der Waals surface area contributed by atoms with Crippen molar-refractivity contribution in [1.29, 1.82) is 0 Å². The monoisotopic (exact) mass is 240 g/mol. The predicted molar refractivity (Wildman–Crippen MR) is 57.6 cm³/mol. The van der Waals surface area contributed by atoms with Crippen LogP contribution in [-0.4, -0.2) is 31.6 Å². The van der Waals surface area contributed by atoms with Crippen LogP contribution in [0.5, 0.6) is 0 Å². The van der Waals surface area contributed by atoms with Crippen LogP contribution in [-0.2, 0) is 11.8 Å². The van der Waals surface area contributed by atoms with Gasteiger partial charge in [0.2, 0.25) is 12.1 Å². The molecule has 0 amide bonds. The normalized spacial score (nSPS) is 16.5. The van der Waals surface area contributed by atoms with Crippen molar-refractivity contribution in [2.75, 3.05) is 5.32 Å². The molecule has 0 saturated heterocycles. The number of hydrogen-bond acceptors (Lipinski definition) is 5. The van der Waals surface area contributed by atoms with Crippen LogP contribution in [0, 0.1) is 16.0 Å². The van der Waals surface area contributed by atoms with E-state index in [9.17, 15) is 14.9 Å². The first kappa shape index (κ1) is 11.4. The minimum atomic E-state index is -0.997. The lowest BCUT2D eigenvalue weighted by Crippen LogP contribution is -2.32. The standard InChI is InChI=1S/C9H12N4O4/c1-12-4-10-7(13(16)17)8(12)11-6(9(14)15)5-2-3-5/h4-6,11H,2-3H2,1H3,(H,14,15). The fourth-order valence-corrected chi connectivity index (χ4v) is 1.68. The second-order valence-corrected chi connectivity index (χ2v) is 4.08. The SMILES string of the molecule is Cn1cnc([N+](=O)[O-])c1NC(C(=O)O)C1CC1. The van der Waals surface area contributed by atoms with E-state index in [0.29, 0.717) is 0 Å². The third kappa shape index (κ3) is 2.19. The molecule has 1 unspecified atom stereocenters. The Labute approximate surface area is 96.4 Å². The lowest BCUT2D eigenvalue weighted by molar-refractivity contribution is -0.388. The van der Waals surface area contributed by atoms with Crippen molar-refractivity contribution in [3.8, 4) is 0 Å². The van der Waals surface area contributed by atoms with E-state index in [-0.39, 0.29) is 17.6 Å². The molecule has 2 rings (SSSR count).